The lowest BCUT2D eigenvalue weighted by atomic mass is 10.1. The fraction of sp³-hybridized carbons (Fsp3) is 0.150. The Balaban J connectivity index is 0.00000210. The summed E-state index contributed by atoms with van der Waals surface area (Å²) < 4.78 is 27.6. The summed E-state index contributed by atoms with van der Waals surface area (Å²) in [5.41, 5.74) is 9.18. The van der Waals surface area contributed by atoms with Gasteiger partial charge in [0.25, 0.3) is 10.0 Å². The number of hydrogen-bond acceptors (Lipinski definition) is 4. The van der Waals surface area contributed by atoms with Crippen LogP contribution < -0.4 is 10.5 Å². The maximum absolute atomic E-state index is 12.5. The SMILES string of the molecule is Cl.NC1CC1c1ccc(-c2cccc(NS(=O)(=O)c3ccccc3)c2)nc1. The summed E-state index contributed by atoms with van der Waals surface area (Å²) in [5.74, 6) is 0.417. The number of hydrogen-bond donors (Lipinski definition) is 2. The van der Waals surface area contributed by atoms with E-state index >= 15 is 0 Å². The second-order valence-electron chi connectivity index (χ2n) is 6.48. The Morgan fingerprint density at radius 2 is 1.74 bits per heavy atom. The normalized spacial score (nSPS) is 18.4. The second kappa shape index (κ2) is 7.68. The van der Waals surface area contributed by atoms with Gasteiger partial charge in [0.15, 0.2) is 0 Å². The van der Waals surface area contributed by atoms with Crippen molar-refractivity contribution >= 4 is 28.1 Å². The lowest BCUT2D eigenvalue weighted by Gasteiger charge is -2.10. The molecule has 1 heterocycles. The van der Waals surface area contributed by atoms with Crippen LogP contribution in [0.3, 0.4) is 0 Å². The minimum atomic E-state index is -3.61. The van der Waals surface area contributed by atoms with E-state index in [0.717, 1.165) is 23.2 Å². The number of nitrogens with two attached hydrogens (primary N) is 1. The number of rotatable bonds is 5. The summed E-state index contributed by atoms with van der Waals surface area (Å²) in [7, 11) is -3.61. The molecule has 3 N–H and O–H groups in total. The first kappa shape index (κ1) is 19.4. The van der Waals surface area contributed by atoms with Crippen LogP contribution in [0.2, 0.25) is 0 Å². The predicted molar refractivity (Wildman–Crippen MR) is 110 cm³/mol. The van der Waals surface area contributed by atoms with Gasteiger partial charge in [-0.25, -0.2) is 8.42 Å². The van der Waals surface area contributed by atoms with Gasteiger partial charge in [0.1, 0.15) is 0 Å². The molecule has 0 saturated heterocycles. The fourth-order valence-corrected chi connectivity index (χ4v) is 4.02. The zero-order chi connectivity index (χ0) is 18.1. The van der Waals surface area contributed by atoms with Crippen molar-refractivity contribution < 1.29 is 8.42 Å². The van der Waals surface area contributed by atoms with Gasteiger partial charge in [-0.3, -0.25) is 9.71 Å². The summed E-state index contributed by atoms with van der Waals surface area (Å²) in [5, 5.41) is 0. The van der Waals surface area contributed by atoms with E-state index in [-0.39, 0.29) is 23.3 Å². The molecular formula is C20H20ClN3O2S. The molecule has 7 heteroatoms. The smallest absolute Gasteiger partial charge is 0.261 e. The second-order valence-corrected chi connectivity index (χ2v) is 8.16. The molecule has 2 atom stereocenters. The van der Waals surface area contributed by atoms with Gasteiger partial charge in [0.05, 0.1) is 10.6 Å². The van der Waals surface area contributed by atoms with E-state index in [1.54, 1.807) is 42.5 Å². The number of halogens is 1. The number of anilines is 1. The fourth-order valence-electron chi connectivity index (χ4n) is 2.95. The number of nitrogens with one attached hydrogen (secondary N) is 1. The maximum atomic E-state index is 12.5. The highest BCUT2D eigenvalue weighted by molar-refractivity contribution is 7.92. The van der Waals surface area contributed by atoms with Gasteiger partial charge in [0, 0.05) is 29.4 Å². The Labute approximate surface area is 165 Å². The zero-order valence-electron chi connectivity index (χ0n) is 14.4. The van der Waals surface area contributed by atoms with E-state index in [1.807, 2.05) is 30.5 Å². The molecule has 2 unspecified atom stereocenters. The van der Waals surface area contributed by atoms with Gasteiger partial charge < -0.3 is 5.73 Å². The highest BCUT2D eigenvalue weighted by Crippen LogP contribution is 2.38. The van der Waals surface area contributed by atoms with Crippen molar-refractivity contribution in [1.29, 1.82) is 0 Å². The molecule has 1 aromatic heterocycles. The summed E-state index contributed by atoms with van der Waals surface area (Å²) in [6.45, 7) is 0. The summed E-state index contributed by atoms with van der Waals surface area (Å²) in [4.78, 5) is 4.74. The van der Waals surface area contributed by atoms with E-state index in [4.69, 9.17) is 5.73 Å². The average molecular weight is 402 g/mol. The Morgan fingerprint density at radius 3 is 2.37 bits per heavy atom. The highest BCUT2D eigenvalue weighted by atomic mass is 35.5. The molecule has 1 fully saturated rings. The molecule has 0 amide bonds. The molecule has 1 aliphatic carbocycles. The van der Waals surface area contributed by atoms with Crippen LogP contribution in [-0.4, -0.2) is 19.4 Å². The van der Waals surface area contributed by atoms with Gasteiger partial charge in [-0.15, -0.1) is 12.4 Å². The maximum Gasteiger partial charge on any atom is 0.261 e. The van der Waals surface area contributed by atoms with Crippen LogP contribution >= 0.6 is 12.4 Å². The van der Waals surface area contributed by atoms with Crippen molar-refractivity contribution in [2.24, 2.45) is 5.73 Å². The minimum absolute atomic E-state index is 0. The number of nitrogens with zero attached hydrogens (tertiary/aromatic N) is 1. The Bertz CT molecular complexity index is 1020. The van der Waals surface area contributed by atoms with Crippen LogP contribution in [0.25, 0.3) is 11.3 Å². The van der Waals surface area contributed by atoms with Gasteiger partial charge >= 0.3 is 0 Å². The predicted octanol–water partition coefficient (Wildman–Crippen LogP) is 3.79. The first-order chi connectivity index (χ1) is 12.5. The minimum Gasteiger partial charge on any atom is -0.327 e. The van der Waals surface area contributed by atoms with E-state index in [9.17, 15) is 8.42 Å². The van der Waals surface area contributed by atoms with E-state index in [1.165, 1.54) is 0 Å². The van der Waals surface area contributed by atoms with Crippen LogP contribution in [-0.2, 0) is 10.0 Å². The summed E-state index contributed by atoms with van der Waals surface area (Å²) in [6, 6.07) is 19.8. The molecule has 27 heavy (non-hydrogen) atoms. The average Bonchev–Trinajstić information content (AvgIpc) is 3.39. The van der Waals surface area contributed by atoms with Crippen molar-refractivity contribution in [1.82, 2.24) is 4.98 Å². The number of sulfonamides is 1. The molecule has 1 saturated carbocycles. The number of aromatic nitrogens is 1. The van der Waals surface area contributed by atoms with Gasteiger partial charge in [-0.05, 0) is 42.3 Å². The van der Waals surface area contributed by atoms with Gasteiger partial charge in [-0.2, -0.15) is 0 Å². The van der Waals surface area contributed by atoms with Crippen LogP contribution in [0.15, 0.2) is 77.8 Å². The summed E-state index contributed by atoms with van der Waals surface area (Å²) in [6.07, 6.45) is 2.87. The van der Waals surface area contributed by atoms with Crippen molar-refractivity contribution in [3.05, 3.63) is 78.5 Å². The standard InChI is InChI=1S/C20H19N3O2S.ClH/c21-19-12-18(19)15-9-10-20(22-13-15)14-5-4-6-16(11-14)23-26(24,25)17-7-2-1-3-8-17;/h1-11,13,18-19,23H,12,21H2;1H. The largest absolute Gasteiger partial charge is 0.327 e. The summed E-state index contributed by atoms with van der Waals surface area (Å²) >= 11 is 0. The molecule has 140 valence electrons. The molecule has 0 spiro atoms. The van der Waals surface area contributed by atoms with E-state index in [2.05, 4.69) is 9.71 Å². The first-order valence-corrected chi connectivity index (χ1v) is 9.91. The molecular weight excluding hydrogens is 382 g/mol. The number of benzene rings is 2. The van der Waals surface area contributed by atoms with Crippen molar-refractivity contribution in [3.63, 3.8) is 0 Å². The first-order valence-electron chi connectivity index (χ1n) is 8.43. The topological polar surface area (TPSA) is 85.1 Å². The quantitative estimate of drug-likeness (QED) is 0.681. The lowest BCUT2D eigenvalue weighted by molar-refractivity contribution is 0.601. The Hall–Kier alpha value is -2.41. The molecule has 4 rings (SSSR count). The monoisotopic (exact) mass is 401 g/mol. The van der Waals surface area contributed by atoms with E-state index < -0.39 is 10.0 Å². The Morgan fingerprint density at radius 1 is 1.00 bits per heavy atom. The van der Waals surface area contributed by atoms with Crippen LogP contribution in [0.5, 0.6) is 0 Å². The molecule has 2 aromatic carbocycles. The molecule has 3 aromatic rings. The lowest BCUT2D eigenvalue weighted by Crippen LogP contribution is -2.12. The third-order valence-corrected chi connectivity index (χ3v) is 5.92. The number of pyridine rings is 1. The zero-order valence-corrected chi connectivity index (χ0v) is 16.1. The molecule has 0 aliphatic heterocycles. The van der Waals surface area contributed by atoms with Crippen molar-refractivity contribution in [2.45, 2.75) is 23.3 Å². The molecule has 1 aliphatic rings. The third-order valence-electron chi connectivity index (χ3n) is 4.52. The van der Waals surface area contributed by atoms with Crippen LogP contribution in [0.4, 0.5) is 5.69 Å². The van der Waals surface area contributed by atoms with Crippen molar-refractivity contribution in [2.75, 3.05) is 4.72 Å². The molecule has 0 bridgehead atoms. The Kier molecular flexibility index (Phi) is 5.51. The van der Waals surface area contributed by atoms with Crippen LogP contribution in [0, 0.1) is 0 Å². The molecule has 0 radical (unpaired) electrons. The van der Waals surface area contributed by atoms with Gasteiger partial charge in [0.2, 0.25) is 0 Å². The van der Waals surface area contributed by atoms with Crippen molar-refractivity contribution in [3.8, 4) is 11.3 Å². The molecule has 5 nitrogen and oxygen atoms in total. The third kappa shape index (κ3) is 4.30. The van der Waals surface area contributed by atoms with E-state index in [0.29, 0.717) is 11.6 Å². The highest BCUT2D eigenvalue weighted by Gasteiger charge is 2.34. The van der Waals surface area contributed by atoms with Crippen LogP contribution in [0.1, 0.15) is 17.9 Å². The van der Waals surface area contributed by atoms with Gasteiger partial charge in [-0.1, -0.05) is 36.4 Å².